The van der Waals surface area contributed by atoms with Crippen molar-refractivity contribution in [1.29, 1.82) is 0 Å². The van der Waals surface area contributed by atoms with Crippen molar-refractivity contribution in [3.05, 3.63) is 64.7 Å². The molecule has 0 saturated carbocycles. The van der Waals surface area contributed by atoms with E-state index in [9.17, 15) is 9.90 Å². The molecule has 0 heterocycles. The summed E-state index contributed by atoms with van der Waals surface area (Å²) < 4.78 is 15.9. The first-order valence-corrected chi connectivity index (χ1v) is 8.87. The maximum Gasteiger partial charge on any atom is 0.193 e. The van der Waals surface area contributed by atoms with E-state index in [1.54, 1.807) is 19.3 Å². The molecule has 0 fully saturated rings. The summed E-state index contributed by atoms with van der Waals surface area (Å²) in [6, 6.07) is 8.96. The lowest BCUT2D eigenvalue weighted by Gasteiger charge is -2.15. The minimum absolute atomic E-state index is 0.111. The van der Waals surface area contributed by atoms with Crippen LogP contribution >= 0.6 is 0 Å². The number of methoxy groups -OCH3 is 3. The number of ether oxygens (including phenoxy) is 3. The largest absolute Gasteiger partial charge is 0.507 e. The van der Waals surface area contributed by atoms with E-state index in [4.69, 9.17) is 14.2 Å². The summed E-state index contributed by atoms with van der Waals surface area (Å²) in [5.74, 6) is 0.937. The van der Waals surface area contributed by atoms with Gasteiger partial charge in [0.15, 0.2) is 5.78 Å². The first kappa shape index (κ1) is 21.1. The van der Waals surface area contributed by atoms with Gasteiger partial charge in [-0.25, -0.2) is 0 Å². The predicted molar refractivity (Wildman–Crippen MR) is 111 cm³/mol. The van der Waals surface area contributed by atoms with Crippen LogP contribution in [0.2, 0.25) is 0 Å². The minimum Gasteiger partial charge on any atom is -0.507 e. The molecule has 0 unspecified atom stereocenters. The fraction of sp³-hybridized carbons (Fsp3) is 0.261. The zero-order valence-corrected chi connectivity index (χ0v) is 16.9. The zero-order valence-electron chi connectivity index (χ0n) is 16.9. The van der Waals surface area contributed by atoms with E-state index in [1.165, 1.54) is 20.3 Å². The summed E-state index contributed by atoms with van der Waals surface area (Å²) in [6.07, 6.45) is 5.48. The standard InChI is InChI=1S/C23H26O5/c1-15(2)9-11-18-20(27-4)14-21(28-5)22(23(18)25)19(24)12-10-16-7-6-8-17(13-16)26-3/h6-10,12-14,25H,11H2,1-5H3/b12-10+. The molecule has 5 nitrogen and oxygen atoms in total. The molecular formula is C23H26O5. The van der Waals surface area contributed by atoms with Crippen molar-refractivity contribution >= 4 is 11.9 Å². The van der Waals surface area contributed by atoms with E-state index in [-0.39, 0.29) is 22.8 Å². The molecule has 0 aromatic heterocycles. The highest BCUT2D eigenvalue weighted by Crippen LogP contribution is 2.39. The third-order valence-corrected chi connectivity index (χ3v) is 4.25. The first-order valence-electron chi connectivity index (χ1n) is 8.87. The quantitative estimate of drug-likeness (QED) is 0.403. The lowest BCUT2D eigenvalue weighted by Crippen LogP contribution is -2.04. The van der Waals surface area contributed by atoms with Gasteiger partial charge in [-0.2, -0.15) is 0 Å². The number of benzene rings is 2. The Morgan fingerprint density at radius 1 is 1.04 bits per heavy atom. The van der Waals surface area contributed by atoms with Crippen molar-refractivity contribution in [2.24, 2.45) is 0 Å². The van der Waals surface area contributed by atoms with Crippen LogP contribution in [-0.2, 0) is 6.42 Å². The van der Waals surface area contributed by atoms with Crippen LogP contribution in [0, 0.1) is 0 Å². The number of aromatic hydroxyl groups is 1. The average molecular weight is 382 g/mol. The topological polar surface area (TPSA) is 65.0 Å². The van der Waals surface area contributed by atoms with E-state index in [2.05, 4.69) is 0 Å². The van der Waals surface area contributed by atoms with Gasteiger partial charge in [-0.15, -0.1) is 0 Å². The number of allylic oxidation sites excluding steroid dienone is 3. The van der Waals surface area contributed by atoms with Crippen LogP contribution in [0.4, 0.5) is 0 Å². The van der Waals surface area contributed by atoms with E-state index in [0.29, 0.717) is 23.5 Å². The second-order valence-electron chi connectivity index (χ2n) is 6.44. The van der Waals surface area contributed by atoms with Crippen LogP contribution in [0.25, 0.3) is 6.08 Å². The van der Waals surface area contributed by atoms with Crippen molar-refractivity contribution in [3.63, 3.8) is 0 Å². The number of hydrogen-bond donors (Lipinski definition) is 1. The summed E-state index contributed by atoms with van der Waals surface area (Å²) in [4.78, 5) is 12.8. The first-order chi connectivity index (χ1) is 13.4. The van der Waals surface area contributed by atoms with Gasteiger partial charge >= 0.3 is 0 Å². The lowest BCUT2D eigenvalue weighted by atomic mass is 9.99. The van der Waals surface area contributed by atoms with Crippen molar-refractivity contribution in [1.82, 2.24) is 0 Å². The molecule has 0 aliphatic carbocycles. The Morgan fingerprint density at radius 3 is 2.36 bits per heavy atom. The molecule has 0 aliphatic rings. The van der Waals surface area contributed by atoms with E-state index in [1.807, 2.05) is 44.2 Å². The van der Waals surface area contributed by atoms with Crippen molar-refractivity contribution in [2.75, 3.05) is 21.3 Å². The van der Waals surface area contributed by atoms with Crippen molar-refractivity contribution in [3.8, 4) is 23.0 Å². The SMILES string of the molecule is COc1cccc(/C=C/C(=O)c2c(OC)cc(OC)c(CC=C(C)C)c2O)c1. The molecule has 148 valence electrons. The summed E-state index contributed by atoms with van der Waals surface area (Å²) >= 11 is 0. The normalized spacial score (nSPS) is 10.6. The molecule has 2 aromatic carbocycles. The molecule has 2 aromatic rings. The Bertz CT molecular complexity index is 905. The summed E-state index contributed by atoms with van der Waals surface area (Å²) in [7, 11) is 4.55. The van der Waals surface area contributed by atoms with Crippen LogP contribution in [0.1, 0.15) is 35.3 Å². The number of carbonyl (C=O) groups is 1. The molecule has 0 radical (unpaired) electrons. The number of rotatable bonds is 8. The molecule has 0 bridgehead atoms. The molecule has 5 heteroatoms. The summed E-state index contributed by atoms with van der Waals surface area (Å²) in [5, 5.41) is 10.8. The second-order valence-corrected chi connectivity index (χ2v) is 6.44. The smallest absolute Gasteiger partial charge is 0.193 e. The van der Waals surface area contributed by atoms with Gasteiger partial charge in [-0.1, -0.05) is 29.9 Å². The molecule has 0 amide bonds. The Hall–Kier alpha value is -3.21. The van der Waals surface area contributed by atoms with Gasteiger partial charge in [0, 0.05) is 11.6 Å². The monoisotopic (exact) mass is 382 g/mol. The highest BCUT2D eigenvalue weighted by molar-refractivity contribution is 6.11. The van der Waals surface area contributed by atoms with Crippen LogP contribution in [0.5, 0.6) is 23.0 Å². The third-order valence-electron chi connectivity index (χ3n) is 4.25. The zero-order chi connectivity index (χ0) is 20.7. The fourth-order valence-electron chi connectivity index (χ4n) is 2.75. The van der Waals surface area contributed by atoms with E-state index >= 15 is 0 Å². The third kappa shape index (κ3) is 4.94. The number of phenols is 1. The van der Waals surface area contributed by atoms with Crippen LogP contribution in [-0.4, -0.2) is 32.2 Å². The Balaban J connectivity index is 2.46. The average Bonchev–Trinajstić information content (AvgIpc) is 2.70. The second kappa shape index (κ2) is 9.65. The van der Waals surface area contributed by atoms with Gasteiger partial charge in [0.2, 0.25) is 0 Å². The van der Waals surface area contributed by atoms with Crippen molar-refractivity contribution < 1.29 is 24.1 Å². The van der Waals surface area contributed by atoms with Gasteiger partial charge in [0.05, 0.1) is 21.3 Å². The molecular weight excluding hydrogens is 356 g/mol. The maximum atomic E-state index is 12.8. The highest BCUT2D eigenvalue weighted by atomic mass is 16.5. The van der Waals surface area contributed by atoms with Gasteiger partial charge in [-0.3, -0.25) is 4.79 Å². The summed E-state index contributed by atoms with van der Waals surface area (Å²) in [6.45, 7) is 3.94. The van der Waals surface area contributed by atoms with E-state index in [0.717, 1.165) is 11.1 Å². The van der Waals surface area contributed by atoms with Gasteiger partial charge in [-0.05, 0) is 44.0 Å². The van der Waals surface area contributed by atoms with Crippen molar-refractivity contribution in [2.45, 2.75) is 20.3 Å². The lowest BCUT2D eigenvalue weighted by molar-refractivity contribution is 0.104. The maximum absolute atomic E-state index is 12.8. The van der Waals surface area contributed by atoms with Gasteiger partial charge in [0.1, 0.15) is 28.6 Å². The van der Waals surface area contributed by atoms with E-state index < -0.39 is 0 Å². The Morgan fingerprint density at radius 2 is 1.75 bits per heavy atom. The molecule has 0 aliphatic heterocycles. The Labute approximate surface area is 165 Å². The molecule has 28 heavy (non-hydrogen) atoms. The molecule has 2 rings (SSSR count). The number of phenolic OH excluding ortho intramolecular Hbond substituents is 1. The highest BCUT2D eigenvalue weighted by Gasteiger charge is 2.22. The number of ketones is 1. The fourth-order valence-corrected chi connectivity index (χ4v) is 2.75. The van der Waals surface area contributed by atoms with Crippen LogP contribution in [0.15, 0.2) is 48.1 Å². The number of hydrogen-bond acceptors (Lipinski definition) is 5. The molecule has 0 spiro atoms. The molecule has 1 N–H and O–H groups in total. The van der Waals surface area contributed by atoms with Gasteiger partial charge < -0.3 is 19.3 Å². The predicted octanol–water partition coefficient (Wildman–Crippen LogP) is 4.82. The summed E-state index contributed by atoms with van der Waals surface area (Å²) in [5.41, 5.74) is 2.56. The van der Waals surface area contributed by atoms with Gasteiger partial charge in [0.25, 0.3) is 0 Å². The molecule has 0 saturated heterocycles. The molecule has 0 atom stereocenters. The van der Waals surface area contributed by atoms with Crippen LogP contribution < -0.4 is 14.2 Å². The number of carbonyl (C=O) groups excluding carboxylic acids is 1. The minimum atomic E-state index is -0.363. The Kier molecular flexibility index (Phi) is 7.27. The van der Waals surface area contributed by atoms with Crippen LogP contribution in [0.3, 0.4) is 0 Å².